The van der Waals surface area contributed by atoms with E-state index in [1.807, 2.05) is 6.26 Å². The molecule has 0 N–H and O–H groups in total. The molecule has 1 heterocycles. The Hall–Kier alpha value is -0.720. The first-order chi connectivity index (χ1) is 4.74. The third-order valence-electron chi connectivity index (χ3n) is 1.89. The summed E-state index contributed by atoms with van der Waals surface area (Å²) in [7, 11) is 0. The highest BCUT2D eigenvalue weighted by atomic mass is 16.5. The Morgan fingerprint density at radius 2 is 2.50 bits per heavy atom. The molecule has 0 aromatic carbocycles. The lowest BCUT2D eigenvalue weighted by Gasteiger charge is -2.00. The molecule has 0 aromatic rings. The van der Waals surface area contributed by atoms with Crippen LogP contribution in [0.15, 0.2) is 23.5 Å². The van der Waals surface area contributed by atoms with E-state index in [2.05, 4.69) is 26.8 Å². The zero-order valence-electron chi connectivity index (χ0n) is 6.85. The quantitative estimate of drug-likeness (QED) is 0.541. The van der Waals surface area contributed by atoms with E-state index in [1.165, 1.54) is 11.1 Å². The van der Waals surface area contributed by atoms with Gasteiger partial charge in [0.05, 0.1) is 12.4 Å². The molecule has 0 spiro atoms. The second kappa shape index (κ2) is 2.91. The smallest absolute Gasteiger partial charge is 0.0992 e. The minimum atomic E-state index is 0.380. The van der Waals surface area contributed by atoms with Crippen LogP contribution in [0, 0.1) is 0 Å². The second-order valence-corrected chi connectivity index (χ2v) is 2.77. The molecular weight excluding hydrogens is 124 g/mol. The second-order valence-electron chi connectivity index (χ2n) is 2.77. The topological polar surface area (TPSA) is 9.23 Å². The normalized spacial score (nSPS) is 26.1. The van der Waals surface area contributed by atoms with E-state index in [4.69, 9.17) is 4.74 Å². The first-order valence-corrected chi connectivity index (χ1v) is 3.72. The molecule has 0 saturated heterocycles. The lowest BCUT2D eigenvalue weighted by atomic mass is 10.1. The van der Waals surface area contributed by atoms with Gasteiger partial charge < -0.3 is 4.74 Å². The highest BCUT2D eigenvalue weighted by Crippen LogP contribution is 2.23. The standard InChI is InChI=1S/C9H14O/c1-4-7(2)9-5-8(3)10-6-9/h4,6,8H,5H2,1-3H3/b7-4+/t8-/m1/s1. The lowest BCUT2D eigenvalue weighted by molar-refractivity contribution is 0.189. The molecule has 0 fully saturated rings. The molecule has 0 aliphatic carbocycles. The summed E-state index contributed by atoms with van der Waals surface area (Å²) in [6, 6.07) is 0. The van der Waals surface area contributed by atoms with Crippen molar-refractivity contribution in [2.75, 3.05) is 0 Å². The zero-order valence-corrected chi connectivity index (χ0v) is 6.85. The van der Waals surface area contributed by atoms with Crippen molar-refractivity contribution in [2.45, 2.75) is 33.3 Å². The van der Waals surface area contributed by atoms with Crippen LogP contribution >= 0.6 is 0 Å². The molecule has 1 nitrogen and oxygen atoms in total. The Kier molecular flexibility index (Phi) is 2.15. The third kappa shape index (κ3) is 1.41. The van der Waals surface area contributed by atoms with Gasteiger partial charge in [-0.15, -0.1) is 0 Å². The van der Waals surface area contributed by atoms with Gasteiger partial charge in [-0.3, -0.25) is 0 Å². The molecule has 0 radical (unpaired) electrons. The van der Waals surface area contributed by atoms with Crippen LogP contribution in [0.4, 0.5) is 0 Å². The minimum Gasteiger partial charge on any atom is -0.498 e. The van der Waals surface area contributed by atoms with Gasteiger partial charge in [0.15, 0.2) is 0 Å². The number of hydrogen-bond acceptors (Lipinski definition) is 1. The van der Waals surface area contributed by atoms with E-state index in [-0.39, 0.29) is 0 Å². The predicted molar refractivity (Wildman–Crippen MR) is 42.7 cm³/mol. The summed E-state index contributed by atoms with van der Waals surface area (Å²) in [6.07, 6.45) is 5.44. The third-order valence-corrected chi connectivity index (χ3v) is 1.89. The van der Waals surface area contributed by atoms with E-state index in [9.17, 15) is 0 Å². The molecule has 1 rings (SSSR count). The number of rotatable bonds is 1. The summed E-state index contributed by atoms with van der Waals surface area (Å²) in [4.78, 5) is 0. The van der Waals surface area contributed by atoms with E-state index < -0.39 is 0 Å². The predicted octanol–water partition coefficient (Wildman–Crippen LogP) is 2.65. The summed E-state index contributed by atoms with van der Waals surface area (Å²) in [5, 5.41) is 0. The molecule has 0 unspecified atom stereocenters. The molecule has 1 aliphatic heterocycles. The largest absolute Gasteiger partial charge is 0.498 e. The van der Waals surface area contributed by atoms with Crippen LogP contribution in [0.3, 0.4) is 0 Å². The Morgan fingerprint density at radius 3 is 2.90 bits per heavy atom. The maximum absolute atomic E-state index is 5.29. The van der Waals surface area contributed by atoms with Crippen molar-refractivity contribution in [1.29, 1.82) is 0 Å². The van der Waals surface area contributed by atoms with Crippen molar-refractivity contribution in [3.63, 3.8) is 0 Å². The molecule has 1 atom stereocenters. The minimum absolute atomic E-state index is 0.380. The van der Waals surface area contributed by atoms with Crippen molar-refractivity contribution >= 4 is 0 Å². The van der Waals surface area contributed by atoms with Crippen LogP contribution in [0.25, 0.3) is 0 Å². The number of allylic oxidation sites excluding steroid dienone is 2. The van der Waals surface area contributed by atoms with Gasteiger partial charge in [0, 0.05) is 6.42 Å². The van der Waals surface area contributed by atoms with Crippen LogP contribution in [0.5, 0.6) is 0 Å². The SMILES string of the molecule is C/C=C(\C)C1=CO[C@H](C)C1. The van der Waals surface area contributed by atoms with Gasteiger partial charge in [-0.1, -0.05) is 6.08 Å². The summed E-state index contributed by atoms with van der Waals surface area (Å²) >= 11 is 0. The summed E-state index contributed by atoms with van der Waals surface area (Å²) in [6.45, 7) is 6.26. The fourth-order valence-corrected chi connectivity index (χ4v) is 1.04. The molecule has 0 saturated carbocycles. The Bertz CT molecular complexity index is 177. The van der Waals surface area contributed by atoms with Gasteiger partial charge >= 0.3 is 0 Å². The van der Waals surface area contributed by atoms with Crippen LogP contribution in [0.1, 0.15) is 27.2 Å². The highest BCUT2D eigenvalue weighted by molar-refractivity contribution is 5.29. The van der Waals surface area contributed by atoms with Crippen LogP contribution in [-0.4, -0.2) is 6.10 Å². The molecule has 0 amide bonds. The van der Waals surface area contributed by atoms with Gasteiger partial charge in [-0.05, 0) is 31.9 Å². The maximum atomic E-state index is 5.29. The first-order valence-electron chi connectivity index (χ1n) is 3.72. The van der Waals surface area contributed by atoms with E-state index in [0.717, 1.165) is 6.42 Å². The van der Waals surface area contributed by atoms with Gasteiger partial charge in [0.25, 0.3) is 0 Å². The Morgan fingerprint density at radius 1 is 1.80 bits per heavy atom. The van der Waals surface area contributed by atoms with Crippen molar-refractivity contribution in [1.82, 2.24) is 0 Å². The average Bonchev–Trinajstić information content (AvgIpc) is 2.34. The van der Waals surface area contributed by atoms with Gasteiger partial charge in [0.2, 0.25) is 0 Å². The Balaban J connectivity index is 2.60. The van der Waals surface area contributed by atoms with Crippen molar-refractivity contribution in [2.24, 2.45) is 0 Å². The fourth-order valence-electron chi connectivity index (χ4n) is 1.04. The maximum Gasteiger partial charge on any atom is 0.0992 e. The molecule has 1 aliphatic rings. The summed E-state index contributed by atoms with van der Waals surface area (Å²) < 4.78 is 5.29. The van der Waals surface area contributed by atoms with E-state index in [1.54, 1.807) is 0 Å². The van der Waals surface area contributed by atoms with Gasteiger partial charge in [-0.2, -0.15) is 0 Å². The van der Waals surface area contributed by atoms with Crippen LogP contribution in [-0.2, 0) is 4.74 Å². The Labute approximate surface area is 62.4 Å². The fraction of sp³-hybridized carbons (Fsp3) is 0.556. The van der Waals surface area contributed by atoms with Gasteiger partial charge in [-0.25, -0.2) is 0 Å². The molecule has 1 heteroatoms. The summed E-state index contributed by atoms with van der Waals surface area (Å²) in [5.41, 5.74) is 2.68. The molecule has 56 valence electrons. The van der Waals surface area contributed by atoms with E-state index >= 15 is 0 Å². The number of hydrogen-bond donors (Lipinski definition) is 0. The van der Waals surface area contributed by atoms with Crippen molar-refractivity contribution in [3.05, 3.63) is 23.5 Å². The zero-order chi connectivity index (χ0) is 7.56. The van der Waals surface area contributed by atoms with Gasteiger partial charge in [0.1, 0.15) is 0 Å². The highest BCUT2D eigenvalue weighted by Gasteiger charge is 2.13. The van der Waals surface area contributed by atoms with Crippen molar-refractivity contribution < 1.29 is 4.74 Å². The molecule has 0 bridgehead atoms. The monoisotopic (exact) mass is 138 g/mol. The molecular formula is C9H14O. The summed E-state index contributed by atoms with van der Waals surface area (Å²) in [5.74, 6) is 0. The van der Waals surface area contributed by atoms with Crippen molar-refractivity contribution in [3.8, 4) is 0 Å². The first kappa shape index (κ1) is 7.39. The lowest BCUT2D eigenvalue weighted by Crippen LogP contribution is -1.96. The van der Waals surface area contributed by atoms with Crippen LogP contribution < -0.4 is 0 Å². The average molecular weight is 138 g/mol. The molecule has 10 heavy (non-hydrogen) atoms. The number of ether oxygens (including phenoxy) is 1. The molecule has 0 aromatic heterocycles. The van der Waals surface area contributed by atoms with Crippen LogP contribution in [0.2, 0.25) is 0 Å². The van der Waals surface area contributed by atoms with E-state index in [0.29, 0.717) is 6.10 Å².